The van der Waals surface area contributed by atoms with E-state index in [1.807, 2.05) is 4.90 Å². The Morgan fingerprint density at radius 1 is 1.30 bits per heavy atom. The Morgan fingerprint density at radius 3 is 2.61 bits per heavy atom. The maximum absolute atomic E-state index is 12.3. The highest BCUT2D eigenvalue weighted by molar-refractivity contribution is 7.91. The zero-order chi connectivity index (χ0) is 16.6. The number of carbonyl (C=O) groups is 1. The molecule has 0 spiro atoms. The summed E-state index contributed by atoms with van der Waals surface area (Å²) in [5.41, 5.74) is 0. The second kappa shape index (κ2) is 6.88. The van der Waals surface area contributed by atoms with Crippen LogP contribution in [-0.2, 0) is 14.8 Å². The zero-order valence-corrected chi connectivity index (χ0v) is 15.6. The Labute approximate surface area is 150 Å². The zero-order valence-electron chi connectivity index (χ0n) is 12.4. The fraction of sp³-hybridized carbons (Fsp3) is 0.643. The van der Waals surface area contributed by atoms with Crippen molar-refractivity contribution in [1.29, 1.82) is 0 Å². The summed E-state index contributed by atoms with van der Waals surface area (Å²) in [6.07, 6.45) is 4.88. The van der Waals surface area contributed by atoms with E-state index in [4.69, 9.17) is 23.2 Å². The van der Waals surface area contributed by atoms with Crippen LogP contribution in [0, 0.1) is 5.92 Å². The Kier molecular flexibility index (Phi) is 5.23. The number of thiophene rings is 1. The highest BCUT2D eigenvalue weighted by Gasteiger charge is 2.35. The molecule has 5 nitrogen and oxygen atoms in total. The number of halogens is 2. The minimum atomic E-state index is -3.63. The summed E-state index contributed by atoms with van der Waals surface area (Å²) in [5.74, 6) is 0.159. The fourth-order valence-electron chi connectivity index (χ4n) is 3.27. The maximum atomic E-state index is 12.3. The van der Waals surface area contributed by atoms with Gasteiger partial charge in [0.05, 0.1) is 5.02 Å². The quantitative estimate of drug-likeness (QED) is 0.830. The lowest BCUT2D eigenvalue weighted by molar-refractivity contribution is -0.129. The van der Waals surface area contributed by atoms with Gasteiger partial charge in [-0.25, -0.2) is 13.1 Å². The second-order valence-electron chi connectivity index (χ2n) is 6.09. The molecule has 0 radical (unpaired) electrons. The SMILES string of the molecule is O=C1C[C@@H](CNS(=O)(=O)c2cc(Cl)c(Cl)s2)CN1C1CCCC1. The minimum Gasteiger partial charge on any atom is -0.339 e. The van der Waals surface area contributed by atoms with Gasteiger partial charge in [0.25, 0.3) is 0 Å². The average Bonchev–Trinajstić information content (AvgIpc) is 3.19. The van der Waals surface area contributed by atoms with Gasteiger partial charge in [0.1, 0.15) is 8.55 Å². The van der Waals surface area contributed by atoms with Crippen LogP contribution in [0.5, 0.6) is 0 Å². The van der Waals surface area contributed by atoms with E-state index in [9.17, 15) is 13.2 Å². The molecular weight excluding hydrogens is 379 g/mol. The normalized spacial score (nSPS) is 23.1. The number of amides is 1. The van der Waals surface area contributed by atoms with Crippen molar-refractivity contribution < 1.29 is 13.2 Å². The third-order valence-corrected chi connectivity index (χ3v) is 8.22. The van der Waals surface area contributed by atoms with Gasteiger partial charge in [0.2, 0.25) is 15.9 Å². The van der Waals surface area contributed by atoms with Crippen LogP contribution >= 0.6 is 34.5 Å². The number of nitrogens with zero attached hydrogens (tertiary/aromatic N) is 1. The molecule has 2 aliphatic rings. The van der Waals surface area contributed by atoms with E-state index in [0.29, 0.717) is 19.0 Å². The molecule has 1 aliphatic carbocycles. The van der Waals surface area contributed by atoms with Gasteiger partial charge in [-0.2, -0.15) is 0 Å². The maximum Gasteiger partial charge on any atom is 0.250 e. The van der Waals surface area contributed by atoms with Crippen LogP contribution in [0.2, 0.25) is 9.36 Å². The molecule has 2 fully saturated rings. The largest absolute Gasteiger partial charge is 0.339 e. The summed E-state index contributed by atoms with van der Waals surface area (Å²) < 4.78 is 27.5. The van der Waals surface area contributed by atoms with Crippen LogP contribution in [0.3, 0.4) is 0 Å². The van der Waals surface area contributed by atoms with Crippen LogP contribution in [0.4, 0.5) is 0 Å². The van der Waals surface area contributed by atoms with E-state index in [-0.39, 0.29) is 31.9 Å². The average molecular weight is 397 g/mol. The summed E-state index contributed by atoms with van der Waals surface area (Å²) >= 11 is 12.6. The van der Waals surface area contributed by atoms with Gasteiger partial charge in [-0.05, 0) is 24.8 Å². The first-order valence-electron chi connectivity index (χ1n) is 7.61. The lowest BCUT2D eigenvalue weighted by Gasteiger charge is -2.24. The molecule has 128 valence electrons. The number of hydrogen-bond donors (Lipinski definition) is 1. The third kappa shape index (κ3) is 3.85. The summed E-state index contributed by atoms with van der Waals surface area (Å²) in [6.45, 7) is 0.891. The smallest absolute Gasteiger partial charge is 0.250 e. The molecule has 0 bridgehead atoms. The predicted molar refractivity (Wildman–Crippen MR) is 91.6 cm³/mol. The van der Waals surface area contributed by atoms with E-state index in [1.54, 1.807) is 0 Å². The van der Waals surface area contributed by atoms with Crippen molar-refractivity contribution >= 4 is 50.5 Å². The van der Waals surface area contributed by atoms with Gasteiger partial charge in [0.15, 0.2) is 0 Å². The van der Waals surface area contributed by atoms with E-state index in [1.165, 1.54) is 18.9 Å². The van der Waals surface area contributed by atoms with E-state index in [2.05, 4.69) is 4.72 Å². The lowest BCUT2D eigenvalue weighted by atomic mass is 10.1. The molecule has 1 aliphatic heterocycles. The van der Waals surface area contributed by atoms with Crippen molar-refractivity contribution in [3.63, 3.8) is 0 Å². The molecule has 23 heavy (non-hydrogen) atoms. The summed E-state index contributed by atoms with van der Waals surface area (Å²) in [4.78, 5) is 14.1. The minimum absolute atomic E-state index is 0.0174. The molecule has 1 aromatic rings. The van der Waals surface area contributed by atoms with Crippen LogP contribution in [0.15, 0.2) is 10.3 Å². The number of likely N-dealkylation sites (tertiary alicyclic amines) is 1. The monoisotopic (exact) mass is 396 g/mol. The molecule has 3 rings (SSSR count). The van der Waals surface area contributed by atoms with Gasteiger partial charge in [-0.15, -0.1) is 11.3 Å². The van der Waals surface area contributed by atoms with Crippen molar-refractivity contribution in [2.45, 2.75) is 42.4 Å². The van der Waals surface area contributed by atoms with Crippen LogP contribution in [0.25, 0.3) is 0 Å². The molecule has 1 amide bonds. The first-order valence-corrected chi connectivity index (χ1v) is 10.7. The highest BCUT2D eigenvalue weighted by Crippen LogP contribution is 2.34. The van der Waals surface area contributed by atoms with Crippen LogP contribution < -0.4 is 4.72 Å². The number of hydrogen-bond acceptors (Lipinski definition) is 4. The van der Waals surface area contributed by atoms with E-state index >= 15 is 0 Å². The summed E-state index contributed by atoms with van der Waals surface area (Å²) in [6, 6.07) is 1.70. The molecular formula is C14H18Cl2N2O3S2. The molecule has 9 heteroatoms. The molecule has 1 saturated heterocycles. The molecule has 0 aromatic carbocycles. The molecule has 0 unspecified atom stereocenters. The third-order valence-electron chi connectivity index (χ3n) is 4.45. The Balaban J connectivity index is 1.59. The van der Waals surface area contributed by atoms with Gasteiger partial charge in [-0.3, -0.25) is 4.79 Å². The van der Waals surface area contributed by atoms with Crippen molar-refractivity contribution in [2.75, 3.05) is 13.1 Å². The molecule has 1 atom stereocenters. The topological polar surface area (TPSA) is 66.5 Å². The van der Waals surface area contributed by atoms with Gasteiger partial charge in [-0.1, -0.05) is 36.0 Å². The molecule has 1 aromatic heterocycles. The van der Waals surface area contributed by atoms with Gasteiger partial charge >= 0.3 is 0 Å². The van der Waals surface area contributed by atoms with Crippen molar-refractivity contribution in [2.24, 2.45) is 5.92 Å². The first kappa shape index (κ1) is 17.5. The van der Waals surface area contributed by atoms with Gasteiger partial charge in [0, 0.05) is 25.6 Å². The number of sulfonamides is 1. The second-order valence-corrected chi connectivity index (χ2v) is 10.1. The standard InChI is InChI=1S/C14H18Cl2N2O3S2/c15-11-6-13(22-14(11)16)23(20,21)17-7-9-5-12(19)18(8-9)10-3-1-2-4-10/h6,9-10,17H,1-5,7-8H2/t9-/m0/s1. The Hall–Kier alpha value is -0.340. The predicted octanol–water partition coefficient (Wildman–Crippen LogP) is 3.12. The first-order chi connectivity index (χ1) is 10.9. The Bertz CT molecular complexity index is 679. The Morgan fingerprint density at radius 2 is 2.00 bits per heavy atom. The van der Waals surface area contributed by atoms with E-state index < -0.39 is 10.0 Å². The number of carbonyl (C=O) groups excluding carboxylic acids is 1. The van der Waals surface area contributed by atoms with Gasteiger partial charge < -0.3 is 4.90 Å². The van der Waals surface area contributed by atoms with Crippen molar-refractivity contribution in [3.8, 4) is 0 Å². The summed E-state index contributed by atoms with van der Waals surface area (Å²) in [7, 11) is -3.63. The summed E-state index contributed by atoms with van der Waals surface area (Å²) in [5, 5.41) is 0.237. The highest BCUT2D eigenvalue weighted by atomic mass is 35.5. The molecule has 1 N–H and O–H groups in total. The number of rotatable bonds is 5. The van der Waals surface area contributed by atoms with Crippen LogP contribution in [-0.4, -0.2) is 38.4 Å². The lowest BCUT2D eigenvalue weighted by Crippen LogP contribution is -2.35. The van der Waals surface area contributed by atoms with Crippen molar-refractivity contribution in [1.82, 2.24) is 9.62 Å². The van der Waals surface area contributed by atoms with Crippen LogP contribution in [0.1, 0.15) is 32.1 Å². The molecule has 2 heterocycles. The fourth-order valence-corrected chi connectivity index (χ4v) is 6.31. The van der Waals surface area contributed by atoms with E-state index in [0.717, 1.165) is 24.2 Å². The molecule has 1 saturated carbocycles. The van der Waals surface area contributed by atoms with Crippen molar-refractivity contribution in [3.05, 3.63) is 15.4 Å². The number of nitrogens with one attached hydrogen (secondary N) is 1.